The second-order valence-corrected chi connectivity index (χ2v) is 7.97. The molecule has 0 radical (unpaired) electrons. The maximum Gasteiger partial charge on any atom is 0.123 e. The van der Waals surface area contributed by atoms with E-state index in [9.17, 15) is 4.39 Å². The minimum Gasteiger partial charge on any atom is -0.374 e. The Balaban J connectivity index is 1.63. The average Bonchev–Trinajstić information content (AvgIpc) is 3.14. The summed E-state index contributed by atoms with van der Waals surface area (Å²) in [6, 6.07) is 6.53. The van der Waals surface area contributed by atoms with Gasteiger partial charge in [0.15, 0.2) is 0 Å². The van der Waals surface area contributed by atoms with Crippen LogP contribution in [0.2, 0.25) is 0 Å². The number of hydrogen-bond donors (Lipinski definition) is 0. The molecule has 0 amide bonds. The molecule has 3 unspecified atom stereocenters. The van der Waals surface area contributed by atoms with Crippen molar-refractivity contribution in [1.82, 2.24) is 9.78 Å². The molecule has 0 saturated heterocycles. The lowest BCUT2D eigenvalue weighted by Crippen LogP contribution is -2.36. The Labute approximate surface area is 154 Å². The molecule has 1 fully saturated rings. The average molecular weight is 354 g/mol. The Morgan fingerprint density at radius 2 is 2.12 bits per heavy atom. The van der Waals surface area contributed by atoms with Crippen LogP contribution in [0, 0.1) is 11.2 Å². The zero-order valence-electron chi connectivity index (χ0n) is 15.8. The maximum atomic E-state index is 13.2. The predicted octanol–water partition coefficient (Wildman–Crippen LogP) is 5.32. The second kappa shape index (κ2) is 6.66. The van der Waals surface area contributed by atoms with Gasteiger partial charge in [-0.15, -0.1) is 0 Å². The first-order valence-corrected chi connectivity index (χ1v) is 9.70. The Kier molecular flexibility index (Phi) is 4.47. The molecule has 4 rings (SSSR count). The predicted molar refractivity (Wildman–Crippen MR) is 102 cm³/mol. The SMILES string of the molecule is CCCC(C)OC1CCC2=Cc3c(cnn3-c3ccc(F)cc3)CC21C. The first-order chi connectivity index (χ1) is 12.5. The van der Waals surface area contributed by atoms with E-state index in [0.29, 0.717) is 6.10 Å². The van der Waals surface area contributed by atoms with Crippen molar-refractivity contribution in [3.63, 3.8) is 0 Å². The number of fused-ring (bicyclic) bond motifs is 2. The summed E-state index contributed by atoms with van der Waals surface area (Å²) in [6.07, 6.45) is 10.2. The van der Waals surface area contributed by atoms with E-state index < -0.39 is 0 Å². The normalized spacial score (nSPS) is 25.5. The number of benzene rings is 1. The molecule has 1 saturated carbocycles. The van der Waals surface area contributed by atoms with E-state index in [-0.39, 0.29) is 17.3 Å². The standard InChI is InChI=1S/C22H27FN2O/c1-4-5-15(2)26-21-11-6-17-12-20-16(13-22(17,21)3)14-24-25(20)19-9-7-18(23)8-10-19/h7-10,12,14-15,21H,4-6,11,13H2,1-3H3. The zero-order valence-corrected chi connectivity index (χ0v) is 15.8. The third kappa shape index (κ3) is 2.90. The van der Waals surface area contributed by atoms with Crippen LogP contribution in [0.5, 0.6) is 0 Å². The second-order valence-electron chi connectivity index (χ2n) is 7.97. The monoisotopic (exact) mass is 354 g/mol. The smallest absolute Gasteiger partial charge is 0.123 e. The zero-order chi connectivity index (χ0) is 18.3. The highest BCUT2D eigenvalue weighted by molar-refractivity contribution is 5.62. The molecule has 0 spiro atoms. The van der Waals surface area contributed by atoms with Gasteiger partial charge in [-0.05, 0) is 68.5 Å². The van der Waals surface area contributed by atoms with Gasteiger partial charge in [0, 0.05) is 5.41 Å². The molecule has 3 nitrogen and oxygen atoms in total. The van der Waals surface area contributed by atoms with Gasteiger partial charge in [0.25, 0.3) is 0 Å². The first kappa shape index (κ1) is 17.5. The lowest BCUT2D eigenvalue weighted by atomic mass is 9.73. The molecule has 0 aliphatic heterocycles. The van der Waals surface area contributed by atoms with Crippen LogP contribution >= 0.6 is 0 Å². The van der Waals surface area contributed by atoms with E-state index in [1.54, 1.807) is 12.1 Å². The van der Waals surface area contributed by atoms with Crippen molar-refractivity contribution in [2.75, 3.05) is 0 Å². The van der Waals surface area contributed by atoms with Crippen LogP contribution < -0.4 is 0 Å². The van der Waals surface area contributed by atoms with Crippen LogP contribution in [0.1, 0.15) is 57.7 Å². The van der Waals surface area contributed by atoms with Gasteiger partial charge >= 0.3 is 0 Å². The largest absolute Gasteiger partial charge is 0.374 e. The molecule has 1 heterocycles. The van der Waals surface area contributed by atoms with Crippen molar-refractivity contribution in [3.05, 3.63) is 53.1 Å². The van der Waals surface area contributed by atoms with Gasteiger partial charge in [0.1, 0.15) is 5.82 Å². The van der Waals surface area contributed by atoms with Gasteiger partial charge in [-0.25, -0.2) is 9.07 Å². The summed E-state index contributed by atoms with van der Waals surface area (Å²) in [5.41, 5.74) is 4.80. The fourth-order valence-corrected chi connectivity index (χ4v) is 4.57. The Bertz CT molecular complexity index is 823. The molecule has 26 heavy (non-hydrogen) atoms. The number of nitrogens with zero attached hydrogens (tertiary/aromatic N) is 2. The fourth-order valence-electron chi connectivity index (χ4n) is 4.57. The quantitative estimate of drug-likeness (QED) is 0.726. The minimum absolute atomic E-state index is 0.0612. The van der Waals surface area contributed by atoms with Gasteiger partial charge in [-0.1, -0.05) is 25.8 Å². The molecule has 2 aliphatic rings. The van der Waals surface area contributed by atoms with E-state index in [2.05, 4.69) is 31.9 Å². The van der Waals surface area contributed by atoms with Crippen molar-refractivity contribution >= 4 is 6.08 Å². The number of halogens is 1. The molecule has 2 aliphatic carbocycles. The summed E-state index contributed by atoms with van der Waals surface area (Å²) in [5, 5.41) is 4.58. The van der Waals surface area contributed by atoms with Crippen LogP contribution in [-0.4, -0.2) is 22.0 Å². The molecule has 138 valence electrons. The van der Waals surface area contributed by atoms with Crippen molar-refractivity contribution in [1.29, 1.82) is 0 Å². The molecular weight excluding hydrogens is 327 g/mol. The van der Waals surface area contributed by atoms with Gasteiger partial charge in [-0.2, -0.15) is 5.10 Å². The highest BCUT2D eigenvalue weighted by Gasteiger charge is 2.46. The summed E-state index contributed by atoms with van der Waals surface area (Å²) in [4.78, 5) is 0. The maximum absolute atomic E-state index is 13.2. The third-order valence-electron chi connectivity index (χ3n) is 6.04. The Hall–Kier alpha value is -1.94. The molecule has 3 atom stereocenters. The number of ether oxygens (including phenoxy) is 1. The Morgan fingerprint density at radius 1 is 1.35 bits per heavy atom. The third-order valence-corrected chi connectivity index (χ3v) is 6.04. The van der Waals surface area contributed by atoms with Gasteiger partial charge in [-0.3, -0.25) is 0 Å². The summed E-state index contributed by atoms with van der Waals surface area (Å²) < 4.78 is 21.6. The summed E-state index contributed by atoms with van der Waals surface area (Å²) in [6.45, 7) is 6.74. The minimum atomic E-state index is -0.224. The Morgan fingerprint density at radius 3 is 2.85 bits per heavy atom. The van der Waals surface area contributed by atoms with E-state index in [0.717, 1.165) is 43.5 Å². The van der Waals surface area contributed by atoms with Crippen molar-refractivity contribution in [2.45, 2.75) is 65.1 Å². The molecule has 4 heteroatoms. The molecule has 0 bridgehead atoms. The van der Waals surface area contributed by atoms with E-state index >= 15 is 0 Å². The van der Waals surface area contributed by atoms with E-state index in [1.807, 2.05) is 10.9 Å². The number of rotatable bonds is 5. The lowest BCUT2D eigenvalue weighted by molar-refractivity contribution is -0.0499. The topological polar surface area (TPSA) is 27.1 Å². The van der Waals surface area contributed by atoms with E-state index in [1.165, 1.54) is 23.3 Å². The van der Waals surface area contributed by atoms with Crippen molar-refractivity contribution in [3.8, 4) is 5.69 Å². The van der Waals surface area contributed by atoms with Gasteiger partial charge in [0.05, 0.1) is 29.8 Å². The van der Waals surface area contributed by atoms with Crippen LogP contribution in [0.3, 0.4) is 0 Å². The van der Waals surface area contributed by atoms with Gasteiger partial charge < -0.3 is 4.74 Å². The highest BCUT2D eigenvalue weighted by atomic mass is 19.1. The summed E-state index contributed by atoms with van der Waals surface area (Å²) in [7, 11) is 0. The van der Waals surface area contributed by atoms with Crippen LogP contribution in [0.4, 0.5) is 4.39 Å². The van der Waals surface area contributed by atoms with Crippen LogP contribution in [0.15, 0.2) is 36.0 Å². The molecule has 1 aromatic heterocycles. The number of hydrogen-bond acceptors (Lipinski definition) is 2. The molecule has 1 aromatic carbocycles. The number of aromatic nitrogens is 2. The van der Waals surface area contributed by atoms with Crippen LogP contribution in [0.25, 0.3) is 11.8 Å². The summed E-state index contributed by atoms with van der Waals surface area (Å²) >= 11 is 0. The molecular formula is C22H27FN2O. The van der Waals surface area contributed by atoms with Crippen molar-refractivity contribution in [2.24, 2.45) is 5.41 Å². The first-order valence-electron chi connectivity index (χ1n) is 9.70. The van der Waals surface area contributed by atoms with Crippen LogP contribution in [-0.2, 0) is 11.2 Å². The highest BCUT2D eigenvalue weighted by Crippen LogP contribution is 2.51. The van der Waals surface area contributed by atoms with Gasteiger partial charge in [0.2, 0.25) is 0 Å². The lowest BCUT2D eigenvalue weighted by Gasteiger charge is -2.37. The fraction of sp³-hybridized carbons (Fsp3) is 0.500. The van der Waals surface area contributed by atoms with Crippen molar-refractivity contribution < 1.29 is 9.13 Å². The molecule has 2 aromatic rings. The summed E-state index contributed by atoms with van der Waals surface area (Å²) in [5.74, 6) is -0.224. The molecule has 0 N–H and O–H groups in total. The van der Waals surface area contributed by atoms with E-state index in [4.69, 9.17) is 4.74 Å².